The van der Waals surface area contributed by atoms with Crippen LogP contribution in [0.2, 0.25) is 0 Å². The Morgan fingerprint density at radius 3 is 2.50 bits per heavy atom. The maximum absolute atomic E-state index is 10.9. The van der Waals surface area contributed by atoms with Crippen molar-refractivity contribution < 1.29 is 14.3 Å². The van der Waals surface area contributed by atoms with Crippen molar-refractivity contribution in [1.82, 2.24) is 5.32 Å². The van der Waals surface area contributed by atoms with Gasteiger partial charge in [-0.2, -0.15) is 0 Å². The Morgan fingerprint density at radius 1 is 1.44 bits per heavy atom. The van der Waals surface area contributed by atoms with E-state index in [4.69, 9.17) is 9.52 Å². The number of aryl methyl sites for hydroxylation is 1. The van der Waals surface area contributed by atoms with Gasteiger partial charge in [-0.05, 0) is 50.5 Å². The molecule has 4 nitrogen and oxygen atoms in total. The summed E-state index contributed by atoms with van der Waals surface area (Å²) in [5.74, 6) is 1.99. The van der Waals surface area contributed by atoms with Gasteiger partial charge in [-0.15, -0.1) is 0 Å². The number of nitrogens with one attached hydrogen (secondary N) is 1. The van der Waals surface area contributed by atoms with E-state index >= 15 is 0 Å². The zero-order chi connectivity index (χ0) is 12.7. The van der Waals surface area contributed by atoms with Crippen LogP contribution in [0.3, 0.4) is 0 Å². The van der Waals surface area contributed by atoms with Crippen LogP contribution in [0.1, 0.15) is 47.6 Å². The minimum absolute atomic E-state index is 0.279. The molecule has 0 spiro atoms. The molecule has 1 aromatic heterocycles. The van der Waals surface area contributed by atoms with Crippen molar-refractivity contribution in [2.75, 3.05) is 0 Å². The summed E-state index contributed by atoms with van der Waals surface area (Å²) < 4.78 is 5.48. The second-order valence-electron chi connectivity index (χ2n) is 5.57. The number of aromatic carboxylic acids is 1. The van der Waals surface area contributed by atoms with E-state index in [1.54, 1.807) is 13.0 Å². The number of rotatable bonds is 6. The Bertz CT molecular complexity index is 446. The highest BCUT2D eigenvalue weighted by atomic mass is 16.4. The van der Waals surface area contributed by atoms with Gasteiger partial charge in [0, 0.05) is 6.04 Å². The molecule has 0 aromatic carbocycles. The summed E-state index contributed by atoms with van der Waals surface area (Å²) in [6.07, 6.45) is 5.36. The van der Waals surface area contributed by atoms with E-state index in [1.165, 1.54) is 25.7 Å². The minimum Gasteiger partial charge on any atom is -0.478 e. The van der Waals surface area contributed by atoms with Crippen LogP contribution in [-0.2, 0) is 6.54 Å². The van der Waals surface area contributed by atoms with Gasteiger partial charge in [0.15, 0.2) is 0 Å². The fourth-order valence-corrected chi connectivity index (χ4v) is 2.69. The maximum Gasteiger partial charge on any atom is 0.339 e. The Hall–Kier alpha value is -1.29. The first-order valence-electron chi connectivity index (χ1n) is 6.71. The van der Waals surface area contributed by atoms with Crippen molar-refractivity contribution in [1.29, 1.82) is 0 Å². The van der Waals surface area contributed by atoms with Crippen molar-refractivity contribution in [3.8, 4) is 0 Å². The van der Waals surface area contributed by atoms with E-state index in [-0.39, 0.29) is 5.56 Å². The molecule has 2 fully saturated rings. The summed E-state index contributed by atoms with van der Waals surface area (Å²) in [7, 11) is 0. The zero-order valence-corrected chi connectivity index (χ0v) is 10.6. The summed E-state index contributed by atoms with van der Waals surface area (Å²) in [5.41, 5.74) is 0.279. The topological polar surface area (TPSA) is 62.5 Å². The third-order valence-corrected chi connectivity index (χ3v) is 3.97. The molecular formula is C14H19NO3. The van der Waals surface area contributed by atoms with Crippen LogP contribution in [0, 0.1) is 18.8 Å². The van der Waals surface area contributed by atoms with E-state index in [1.807, 2.05) is 0 Å². The molecule has 0 amide bonds. The SMILES string of the molecule is Cc1oc(CNC(C2CC2)C2CC2)cc1C(=O)O. The molecule has 2 N–H and O–H groups in total. The van der Waals surface area contributed by atoms with E-state index < -0.39 is 5.97 Å². The summed E-state index contributed by atoms with van der Waals surface area (Å²) >= 11 is 0. The van der Waals surface area contributed by atoms with Crippen LogP contribution in [0.15, 0.2) is 10.5 Å². The number of furan rings is 1. The number of hydrogen-bond acceptors (Lipinski definition) is 3. The third-order valence-electron chi connectivity index (χ3n) is 3.97. The molecule has 0 unspecified atom stereocenters. The highest BCUT2D eigenvalue weighted by molar-refractivity contribution is 5.88. The van der Waals surface area contributed by atoms with E-state index in [9.17, 15) is 4.79 Å². The minimum atomic E-state index is -0.913. The van der Waals surface area contributed by atoms with Gasteiger partial charge < -0.3 is 14.8 Å². The lowest BCUT2D eigenvalue weighted by Gasteiger charge is -2.16. The molecule has 2 aliphatic carbocycles. The smallest absolute Gasteiger partial charge is 0.339 e. The van der Waals surface area contributed by atoms with Gasteiger partial charge in [0.2, 0.25) is 0 Å². The molecule has 4 heteroatoms. The normalized spacial score (nSPS) is 19.4. The standard InChI is InChI=1S/C14H19NO3/c1-8-12(14(16)17)6-11(18-8)7-15-13(9-2-3-9)10-4-5-10/h6,9-10,13,15H,2-5,7H2,1H3,(H,16,17). The van der Waals surface area contributed by atoms with Gasteiger partial charge in [-0.25, -0.2) is 4.79 Å². The lowest BCUT2D eigenvalue weighted by Crippen LogP contribution is -2.32. The number of carboxylic acids is 1. The van der Waals surface area contributed by atoms with Crippen molar-refractivity contribution in [3.05, 3.63) is 23.2 Å². The number of carboxylic acid groups (broad SMARTS) is 1. The summed E-state index contributed by atoms with van der Waals surface area (Å²) in [6, 6.07) is 2.25. The second kappa shape index (κ2) is 4.43. The van der Waals surface area contributed by atoms with Crippen LogP contribution < -0.4 is 5.32 Å². The molecule has 0 bridgehead atoms. The van der Waals surface area contributed by atoms with Gasteiger partial charge in [-0.1, -0.05) is 0 Å². The number of hydrogen-bond donors (Lipinski definition) is 2. The molecule has 0 aliphatic heterocycles. The average molecular weight is 249 g/mol. The quantitative estimate of drug-likeness (QED) is 0.813. The molecule has 2 aliphatic rings. The predicted molar refractivity (Wildman–Crippen MR) is 66.5 cm³/mol. The van der Waals surface area contributed by atoms with Gasteiger partial charge in [0.25, 0.3) is 0 Å². The Kier molecular flexibility index (Phi) is 2.90. The van der Waals surface area contributed by atoms with Gasteiger partial charge in [-0.3, -0.25) is 0 Å². The third kappa shape index (κ3) is 2.43. The first kappa shape index (κ1) is 11.8. The first-order chi connectivity index (χ1) is 8.65. The lowest BCUT2D eigenvalue weighted by atomic mass is 10.1. The van der Waals surface area contributed by atoms with Crippen LogP contribution in [0.4, 0.5) is 0 Å². The van der Waals surface area contributed by atoms with Crippen molar-refractivity contribution in [3.63, 3.8) is 0 Å². The molecule has 0 saturated heterocycles. The van der Waals surface area contributed by atoms with Gasteiger partial charge >= 0.3 is 5.97 Å². The summed E-state index contributed by atoms with van der Waals surface area (Å²) in [4.78, 5) is 10.9. The number of carbonyl (C=O) groups is 1. The molecular weight excluding hydrogens is 230 g/mol. The largest absolute Gasteiger partial charge is 0.478 e. The van der Waals surface area contributed by atoms with E-state index in [2.05, 4.69) is 5.32 Å². The van der Waals surface area contributed by atoms with Crippen LogP contribution >= 0.6 is 0 Å². The highest BCUT2D eigenvalue weighted by Crippen LogP contribution is 2.44. The zero-order valence-electron chi connectivity index (χ0n) is 10.6. The fourth-order valence-electron chi connectivity index (χ4n) is 2.69. The Labute approximate surface area is 106 Å². The molecule has 1 heterocycles. The second-order valence-corrected chi connectivity index (χ2v) is 5.57. The molecule has 18 heavy (non-hydrogen) atoms. The van der Waals surface area contributed by atoms with E-state index in [0.717, 1.165) is 17.6 Å². The Balaban J connectivity index is 1.61. The summed E-state index contributed by atoms with van der Waals surface area (Å²) in [5, 5.41) is 12.5. The highest BCUT2D eigenvalue weighted by Gasteiger charge is 2.41. The van der Waals surface area contributed by atoms with Crippen LogP contribution in [0.25, 0.3) is 0 Å². The van der Waals surface area contributed by atoms with Crippen LogP contribution in [0.5, 0.6) is 0 Å². The van der Waals surface area contributed by atoms with Crippen LogP contribution in [-0.4, -0.2) is 17.1 Å². The maximum atomic E-state index is 10.9. The van der Waals surface area contributed by atoms with Gasteiger partial charge in [0.05, 0.1) is 6.54 Å². The fraction of sp³-hybridized carbons (Fsp3) is 0.643. The molecule has 1 aromatic rings. The molecule has 98 valence electrons. The molecule has 3 rings (SSSR count). The average Bonchev–Trinajstić information content (AvgIpc) is 3.19. The monoisotopic (exact) mass is 249 g/mol. The molecule has 0 atom stereocenters. The summed E-state index contributed by atoms with van der Waals surface area (Å²) in [6.45, 7) is 2.35. The predicted octanol–water partition coefficient (Wildman–Crippen LogP) is 2.56. The van der Waals surface area contributed by atoms with Crippen molar-refractivity contribution in [2.24, 2.45) is 11.8 Å². The van der Waals surface area contributed by atoms with Crippen molar-refractivity contribution >= 4 is 5.97 Å². The lowest BCUT2D eigenvalue weighted by molar-refractivity contribution is 0.0695. The Morgan fingerprint density at radius 2 is 2.06 bits per heavy atom. The van der Waals surface area contributed by atoms with Gasteiger partial charge in [0.1, 0.15) is 17.1 Å². The first-order valence-corrected chi connectivity index (χ1v) is 6.71. The molecule has 0 radical (unpaired) electrons. The van der Waals surface area contributed by atoms with E-state index in [0.29, 0.717) is 18.3 Å². The van der Waals surface area contributed by atoms with Crippen molar-refractivity contribution in [2.45, 2.75) is 45.2 Å². The molecule has 2 saturated carbocycles.